The van der Waals surface area contributed by atoms with Gasteiger partial charge in [0, 0.05) is 18.9 Å². The molecule has 0 saturated carbocycles. The molecule has 4 heteroatoms. The molecule has 0 fully saturated rings. The normalized spacial score (nSPS) is 12.0. The lowest BCUT2D eigenvalue weighted by Crippen LogP contribution is -2.15. The van der Waals surface area contributed by atoms with Crippen molar-refractivity contribution in [2.45, 2.75) is 32.8 Å². The van der Waals surface area contributed by atoms with E-state index in [4.69, 9.17) is 4.74 Å². The molecule has 2 heterocycles. The summed E-state index contributed by atoms with van der Waals surface area (Å²) in [4.78, 5) is 19.1. The maximum Gasteiger partial charge on any atom is 0.254 e. The van der Waals surface area contributed by atoms with Crippen LogP contribution < -0.4 is 5.56 Å². The fraction of sp³-hybridized carbons (Fsp3) is 0.429. The van der Waals surface area contributed by atoms with Crippen LogP contribution in [0.3, 0.4) is 0 Å². The van der Waals surface area contributed by atoms with E-state index in [-0.39, 0.29) is 11.0 Å². The molecule has 0 aliphatic heterocycles. The number of rotatable bonds is 2. The van der Waals surface area contributed by atoms with Gasteiger partial charge in [0.15, 0.2) is 0 Å². The number of H-pyrrole nitrogens is 1. The first-order valence-corrected chi connectivity index (χ1v) is 5.93. The van der Waals surface area contributed by atoms with Crippen LogP contribution in [0.25, 0.3) is 11.0 Å². The second kappa shape index (κ2) is 4.53. The first-order chi connectivity index (χ1) is 8.41. The van der Waals surface area contributed by atoms with Gasteiger partial charge in [-0.2, -0.15) is 0 Å². The van der Waals surface area contributed by atoms with Gasteiger partial charge in [-0.15, -0.1) is 0 Å². The molecule has 1 N–H and O–H groups in total. The van der Waals surface area contributed by atoms with Crippen LogP contribution in [-0.4, -0.2) is 17.1 Å². The van der Waals surface area contributed by atoms with E-state index in [9.17, 15) is 4.79 Å². The van der Waals surface area contributed by atoms with E-state index in [1.54, 1.807) is 13.2 Å². The Labute approximate surface area is 106 Å². The van der Waals surface area contributed by atoms with Crippen LogP contribution in [0.1, 0.15) is 31.9 Å². The van der Waals surface area contributed by atoms with Crippen molar-refractivity contribution in [3.8, 4) is 0 Å². The molecule has 2 aromatic heterocycles. The molecular weight excluding hydrogens is 228 g/mol. The Bertz CT molecular complexity index is 624. The van der Waals surface area contributed by atoms with E-state index in [1.165, 1.54) is 0 Å². The number of aromatic amines is 1. The van der Waals surface area contributed by atoms with Crippen molar-refractivity contribution in [2.75, 3.05) is 7.11 Å². The van der Waals surface area contributed by atoms with Crippen molar-refractivity contribution in [1.29, 1.82) is 0 Å². The molecule has 0 amide bonds. The monoisotopic (exact) mass is 246 g/mol. The van der Waals surface area contributed by atoms with Crippen molar-refractivity contribution < 1.29 is 4.74 Å². The van der Waals surface area contributed by atoms with Crippen LogP contribution in [0.5, 0.6) is 0 Å². The SMILES string of the molecule is COCc1cc2ncc(C(C)(C)C)cc2[nH]c1=O. The number of methoxy groups -OCH3 is 1. The third-order valence-electron chi connectivity index (χ3n) is 2.94. The summed E-state index contributed by atoms with van der Waals surface area (Å²) in [5.41, 5.74) is 3.16. The highest BCUT2D eigenvalue weighted by molar-refractivity contribution is 5.75. The molecule has 18 heavy (non-hydrogen) atoms. The minimum absolute atomic E-state index is 0.0171. The molecule has 0 aliphatic rings. The largest absolute Gasteiger partial charge is 0.380 e. The maximum atomic E-state index is 11.8. The molecule has 2 rings (SSSR count). The number of fused-ring (bicyclic) bond motifs is 1. The van der Waals surface area contributed by atoms with E-state index in [0.717, 1.165) is 16.6 Å². The Balaban J connectivity index is 2.59. The van der Waals surface area contributed by atoms with Crippen LogP contribution in [-0.2, 0) is 16.8 Å². The van der Waals surface area contributed by atoms with Crippen molar-refractivity contribution in [3.63, 3.8) is 0 Å². The van der Waals surface area contributed by atoms with Gasteiger partial charge in [-0.3, -0.25) is 9.78 Å². The predicted molar refractivity (Wildman–Crippen MR) is 71.8 cm³/mol. The van der Waals surface area contributed by atoms with Crippen LogP contribution in [0.4, 0.5) is 0 Å². The van der Waals surface area contributed by atoms with Crippen molar-refractivity contribution in [2.24, 2.45) is 0 Å². The standard InChI is InChI=1S/C14H18N2O2/c1-14(2,3)10-6-12-11(15-7-10)5-9(8-18-4)13(17)16-12/h5-7H,8H2,1-4H3,(H,16,17). The number of aromatic nitrogens is 2. The van der Waals surface area contributed by atoms with Gasteiger partial charge >= 0.3 is 0 Å². The number of hydrogen-bond acceptors (Lipinski definition) is 3. The van der Waals surface area contributed by atoms with Crippen molar-refractivity contribution >= 4 is 11.0 Å². The molecule has 0 saturated heterocycles. The summed E-state index contributed by atoms with van der Waals surface area (Å²) < 4.78 is 4.99. The lowest BCUT2D eigenvalue weighted by Gasteiger charge is -2.18. The van der Waals surface area contributed by atoms with E-state index >= 15 is 0 Å². The van der Waals surface area contributed by atoms with Gasteiger partial charge in [-0.1, -0.05) is 20.8 Å². The number of pyridine rings is 2. The summed E-state index contributed by atoms with van der Waals surface area (Å²) in [7, 11) is 1.57. The second-order valence-electron chi connectivity index (χ2n) is 5.46. The lowest BCUT2D eigenvalue weighted by molar-refractivity contribution is 0.184. The summed E-state index contributed by atoms with van der Waals surface area (Å²) in [6.07, 6.45) is 1.86. The summed E-state index contributed by atoms with van der Waals surface area (Å²) in [5, 5.41) is 0. The molecule has 4 nitrogen and oxygen atoms in total. The topological polar surface area (TPSA) is 55.0 Å². The first-order valence-electron chi connectivity index (χ1n) is 5.93. The minimum atomic E-state index is -0.114. The zero-order chi connectivity index (χ0) is 13.3. The van der Waals surface area contributed by atoms with Gasteiger partial charge in [0.25, 0.3) is 5.56 Å². The Morgan fingerprint density at radius 3 is 2.67 bits per heavy atom. The molecule has 0 spiro atoms. The van der Waals surface area contributed by atoms with Gasteiger partial charge in [0.2, 0.25) is 0 Å². The van der Waals surface area contributed by atoms with Crippen molar-refractivity contribution in [1.82, 2.24) is 9.97 Å². The molecule has 0 bridgehead atoms. The Hall–Kier alpha value is -1.68. The number of nitrogens with zero attached hydrogens (tertiary/aromatic N) is 1. The first kappa shape index (κ1) is 12.8. The molecule has 0 unspecified atom stereocenters. The van der Waals surface area contributed by atoms with Gasteiger partial charge in [-0.05, 0) is 23.1 Å². The third kappa shape index (κ3) is 2.43. The van der Waals surface area contributed by atoms with E-state index in [1.807, 2.05) is 12.3 Å². The fourth-order valence-corrected chi connectivity index (χ4v) is 1.80. The number of ether oxygens (including phenoxy) is 1. The highest BCUT2D eigenvalue weighted by atomic mass is 16.5. The highest BCUT2D eigenvalue weighted by Gasteiger charge is 2.15. The Morgan fingerprint density at radius 2 is 2.06 bits per heavy atom. The third-order valence-corrected chi connectivity index (χ3v) is 2.94. The predicted octanol–water partition coefficient (Wildman–Crippen LogP) is 2.37. The molecule has 96 valence electrons. The second-order valence-corrected chi connectivity index (χ2v) is 5.46. The molecule has 0 aromatic carbocycles. The van der Waals surface area contributed by atoms with Crippen LogP contribution in [0.2, 0.25) is 0 Å². The van der Waals surface area contributed by atoms with E-state index < -0.39 is 0 Å². The summed E-state index contributed by atoms with van der Waals surface area (Å²) >= 11 is 0. The van der Waals surface area contributed by atoms with Gasteiger partial charge in [-0.25, -0.2) is 0 Å². The van der Waals surface area contributed by atoms with Crippen LogP contribution in [0.15, 0.2) is 23.1 Å². The zero-order valence-electron chi connectivity index (χ0n) is 11.2. The minimum Gasteiger partial charge on any atom is -0.380 e. The quantitative estimate of drug-likeness (QED) is 0.885. The van der Waals surface area contributed by atoms with Gasteiger partial charge in [0.05, 0.1) is 17.6 Å². The highest BCUT2D eigenvalue weighted by Crippen LogP contribution is 2.23. The smallest absolute Gasteiger partial charge is 0.254 e. The van der Waals surface area contributed by atoms with Crippen LogP contribution in [0, 0.1) is 0 Å². The maximum absolute atomic E-state index is 11.8. The lowest BCUT2D eigenvalue weighted by atomic mass is 9.88. The average Bonchev–Trinajstić information content (AvgIpc) is 2.28. The fourth-order valence-electron chi connectivity index (χ4n) is 1.80. The molecule has 0 atom stereocenters. The molecule has 2 aromatic rings. The Kier molecular flexibility index (Phi) is 3.22. The Morgan fingerprint density at radius 1 is 1.33 bits per heavy atom. The summed E-state index contributed by atoms with van der Waals surface area (Å²) in [6, 6.07) is 3.77. The summed E-state index contributed by atoms with van der Waals surface area (Å²) in [6.45, 7) is 6.65. The van der Waals surface area contributed by atoms with Crippen LogP contribution >= 0.6 is 0 Å². The summed E-state index contributed by atoms with van der Waals surface area (Å²) in [5.74, 6) is 0. The van der Waals surface area contributed by atoms with Gasteiger partial charge < -0.3 is 9.72 Å². The zero-order valence-corrected chi connectivity index (χ0v) is 11.2. The van der Waals surface area contributed by atoms with E-state index in [0.29, 0.717) is 12.2 Å². The molecule has 0 aliphatic carbocycles. The van der Waals surface area contributed by atoms with Gasteiger partial charge in [0.1, 0.15) is 0 Å². The molecule has 0 radical (unpaired) electrons. The average molecular weight is 246 g/mol. The molecular formula is C14H18N2O2. The van der Waals surface area contributed by atoms with E-state index in [2.05, 4.69) is 30.7 Å². The van der Waals surface area contributed by atoms with Crippen molar-refractivity contribution in [3.05, 3.63) is 39.8 Å². The number of hydrogen-bond donors (Lipinski definition) is 1. The number of nitrogens with one attached hydrogen (secondary N) is 1.